The number of carbonyl (C=O) groups excluding carboxylic acids is 4. The summed E-state index contributed by atoms with van der Waals surface area (Å²) in [6.07, 6.45) is 2.32. The molecule has 3 amide bonds. The summed E-state index contributed by atoms with van der Waals surface area (Å²) >= 11 is 1.38. The van der Waals surface area contributed by atoms with Crippen LogP contribution in [0.4, 0.5) is 0 Å². The predicted octanol–water partition coefficient (Wildman–Crippen LogP) is 3.07. The highest BCUT2D eigenvalue weighted by atomic mass is 32.1. The Morgan fingerprint density at radius 2 is 1.81 bits per heavy atom. The van der Waals surface area contributed by atoms with Crippen molar-refractivity contribution in [3.05, 3.63) is 47.3 Å². The van der Waals surface area contributed by atoms with Crippen LogP contribution in [0.3, 0.4) is 0 Å². The first-order valence-corrected chi connectivity index (χ1v) is 13.9. The maximum atomic E-state index is 13.7. The first-order chi connectivity index (χ1) is 17.7. The zero-order valence-corrected chi connectivity index (χ0v) is 22.5. The molecule has 2 aromatic rings. The van der Waals surface area contributed by atoms with E-state index in [-0.39, 0.29) is 42.0 Å². The molecule has 0 aliphatic carbocycles. The summed E-state index contributed by atoms with van der Waals surface area (Å²) in [4.78, 5) is 57.4. The van der Waals surface area contributed by atoms with Crippen molar-refractivity contribution in [3.8, 4) is 10.4 Å². The molecular weight excluding hydrogens is 488 g/mol. The molecule has 4 unspecified atom stereocenters. The molecule has 4 rings (SSSR count). The van der Waals surface area contributed by atoms with Crippen LogP contribution < -0.4 is 11.1 Å². The first-order valence-electron chi connectivity index (χ1n) is 13.1. The molecule has 0 saturated carbocycles. The van der Waals surface area contributed by atoms with Gasteiger partial charge in [0.1, 0.15) is 12.1 Å². The van der Waals surface area contributed by atoms with Crippen LogP contribution in [0.15, 0.2) is 42.5 Å². The van der Waals surface area contributed by atoms with Crippen LogP contribution in [0.5, 0.6) is 0 Å². The van der Waals surface area contributed by atoms with Crippen LogP contribution in [0.1, 0.15) is 56.1 Å². The van der Waals surface area contributed by atoms with E-state index >= 15 is 0 Å². The van der Waals surface area contributed by atoms with E-state index in [1.807, 2.05) is 57.2 Å². The van der Waals surface area contributed by atoms with Gasteiger partial charge in [-0.3, -0.25) is 19.2 Å². The molecule has 8 nitrogen and oxygen atoms in total. The molecule has 2 aliphatic heterocycles. The van der Waals surface area contributed by atoms with Crippen LogP contribution in [0, 0.1) is 5.92 Å². The van der Waals surface area contributed by atoms with Gasteiger partial charge in [0.25, 0.3) is 5.91 Å². The molecule has 3 heterocycles. The summed E-state index contributed by atoms with van der Waals surface area (Å²) < 4.78 is 0. The number of ketones is 1. The van der Waals surface area contributed by atoms with Crippen molar-refractivity contribution in [2.45, 2.75) is 70.6 Å². The molecule has 2 aliphatic rings. The lowest BCUT2D eigenvalue weighted by Gasteiger charge is -2.29. The monoisotopic (exact) mass is 524 g/mol. The van der Waals surface area contributed by atoms with E-state index in [9.17, 15) is 19.2 Å². The molecule has 2 fully saturated rings. The molecule has 1 aromatic carbocycles. The van der Waals surface area contributed by atoms with Crippen LogP contribution in [0.25, 0.3) is 10.4 Å². The van der Waals surface area contributed by atoms with E-state index in [4.69, 9.17) is 5.73 Å². The van der Waals surface area contributed by atoms with E-state index in [1.54, 1.807) is 15.9 Å². The second-order valence-corrected chi connectivity index (χ2v) is 11.4. The van der Waals surface area contributed by atoms with Crippen molar-refractivity contribution in [1.82, 2.24) is 15.1 Å². The molecule has 1 aromatic heterocycles. The van der Waals surface area contributed by atoms with Gasteiger partial charge in [0.2, 0.25) is 11.8 Å². The van der Waals surface area contributed by atoms with Gasteiger partial charge in [0.05, 0.1) is 23.5 Å². The zero-order chi connectivity index (χ0) is 26.7. The van der Waals surface area contributed by atoms with Gasteiger partial charge >= 0.3 is 0 Å². The summed E-state index contributed by atoms with van der Waals surface area (Å²) in [5.74, 6) is -0.790. The minimum atomic E-state index is -0.756. The molecule has 3 N–H and O–H groups in total. The van der Waals surface area contributed by atoms with Gasteiger partial charge in [-0.2, -0.15) is 0 Å². The Morgan fingerprint density at radius 3 is 2.49 bits per heavy atom. The number of hydrogen-bond donors (Lipinski definition) is 2. The third-order valence-corrected chi connectivity index (χ3v) is 8.24. The third kappa shape index (κ3) is 5.78. The van der Waals surface area contributed by atoms with Crippen LogP contribution >= 0.6 is 11.3 Å². The molecule has 0 bridgehead atoms. The van der Waals surface area contributed by atoms with E-state index in [0.717, 1.165) is 16.9 Å². The summed E-state index contributed by atoms with van der Waals surface area (Å²) in [6, 6.07) is 11.1. The van der Waals surface area contributed by atoms with Gasteiger partial charge in [-0.25, -0.2) is 0 Å². The average molecular weight is 525 g/mol. The number of amides is 3. The molecule has 37 heavy (non-hydrogen) atoms. The number of nitrogens with one attached hydrogen (secondary N) is 1. The fourth-order valence-electron chi connectivity index (χ4n) is 5.35. The van der Waals surface area contributed by atoms with Gasteiger partial charge in [-0.1, -0.05) is 57.5 Å². The van der Waals surface area contributed by atoms with Crippen LogP contribution in [0.2, 0.25) is 0 Å². The number of nitrogens with two attached hydrogens (primary N) is 1. The smallest absolute Gasteiger partial charge is 0.262 e. The van der Waals surface area contributed by atoms with Gasteiger partial charge in [-0.05, 0) is 42.9 Å². The second kappa shape index (κ2) is 11.6. The maximum absolute atomic E-state index is 13.7. The van der Waals surface area contributed by atoms with Crippen molar-refractivity contribution in [2.24, 2.45) is 11.7 Å². The number of nitrogens with zero attached hydrogens (tertiary/aromatic N) is 2. The Morgan fingerprint density at radius 1 is 1.08 bits per heavy atom. The number of benzene rings is 1. The highest BCUT2D eigenvalue weighted by Gasteiger charge is 2.52. The number of likely N-dealkylation sites (tertiary alicyclic amines) is 2. The van der Waals surface area contributed by atoms with E-state index in [1.165, 1.54) is 11.3 Å². The Bertz CT molecular complexity index is 1150. The number of carbonyl (C=O) groups is 4. The minimum Gasteiger partial charge on any atom is -0.340 e. The molecule has 0 radical (unpaired) electrons. The number of Topliss-reactive ketones (excluding diaryl/α,β-unsaturated/α-hetero) is 1. The van der Waals surface area contributed by atoms with Crippen molar-refractivity contribution in [2.75, 3.05) is 13.1 Å². The lowest BCUT2D eigenvalue weighted by atomic mass is 10.0. The van der Waals surface area contributed by atoms with Crippen molar-refractivity contribution >= 4 is 34.8 Å². The molecule has 0 spiro atoms. The normalized spacial score (nSPS) is 20.7. The lowest BCUT2D eigenvalue weighted by molar-refractivity contribution is -0.138. The van der Waals surface area contributed by atoms with Gasteiger partial charge < -0.3 is 20.9 Å². The van der Waals surface area contributed by atoms with E-state index in [2.05, 4.69) is 5.32 Å². The molecule has 198 valence electrons. The Kier molecular flexibility index (Phi) is 8.44. The summed E-state index contributed by atoms with van der Waals surface area (Å²) in [6.45, 7) is 6.30. The SMILES string of the molecule is CCCC(N)C(=O)N1CC(=O)C2C1CCN2C(=O)C(CC(C)C)NC(=O)c1ccc(-c2ccccc2)s1. The summed E-state index contributed by atoms with van der Waals surface area (Å²) in [5, 5.41) is 2.94. The fourth-order valence-corrected chi connectivity index (χ4v) is 6.26. The number of hydrogen-bond acceptors (Lipinski definition) is 6. The molecule has 9 heteroatoms. The molecular formula is C28H36N4O4S. The Hall–Kier alpha value is -3.04. The first kappa shape index (κ1) is 27.0. The number of thiophene rings is 1. The lowest BCUT2D eigenvalue weighted by Crippen LogP contribution is -2.53. The van der Waals surface area contributed by atoms with Crippen LogP contribution in [-0.2, 0) is 14.4 Å². The number of rotatable bonds is 9. The standard InChI is InChI=1S/C28H36N4O4S/c1-4-8-19(29)27(35)32-16-22(33)25-21(32)13-14-31(25)28(36)20(15-17(2)3)30-26(34)24-12-11-23(37-24)18-9-6-5-7-10-18/h5-7,9-12,17,19-21,25H,4,8,13-16,29H2,1-3H3,(H,30,34). The zero-order valence-electron chi connectivity index (χ0n) is 21.7. The maximum Gasteiger partial charge on any atom is 0.262 e. The van der Waals surface area contributed by atoms with Gasteiger partial charge in [-0.15, -0.1) is 11.3 Å². The van der Waals surface area contributed by atoms with Crippen molar-refractivity contribution in [1.29, 1.82) is 0 Å². The second-order valence-electron chi connectivity index (χ2n) is 10.3. The van der Waals surface area contributed by atoms with Crippen LogP contribution in [-0.4, -0.2) is 70.6 Å². The summed E-state index contributed by atoms with van der Waals surface area (Å²) in [7, 11) is 0. The highest BCUT2D eigenvalue weighted by Crippen LogP contribution is 2.32. The Labute approximate surface area is 222 Å². The van der Waals surface area contributed by atoms with Gasteiger partial charge in [0.15, 0.2) is 5.78 Å². The quantitative estimate of drug-likeness (QED) is 0.524. The van der Waals surface area contributed by atoms with Crippen molar-refractivity contribution in [3.63, 3.8) is 0 Å². The van der Waals surface area contributed by atoms with E-state index < -0.39 is 18.1 Å². The predicted molar refractivity (Wildman–Crippen MR) is 144 cm³/mol. The largest absolute Gasteiger partial charge is 0.340 e. The fraction of sp³-hybridized carbons (Fsp3) is 0.500. The summed E-state index contributed by atoms with van der Waals surface area (Å²) in [5.41, 5.74) is 7.08. The average Bonchev–Trinajstić information content (AvgIpc) is 3.60. The van der Waals surface area contributed by atoms with E-state index in [0.29, 0.717) is 30.7 Å². The highest BCUT2D eigenvalue weighted by molar-refractivity contribution is 7.17. The Balaban J connectivity index is 1.48. The molecule has 4 atom stereocenters. The van der Waals surface area contributed by atoms with Gasteiger partial charge in [0, 0.05) is 11.4 Å². The topological polar surface area (TPSA) is 113 Å². The third-order valence-electron chi connectivity index (χ3n) is 7.10. The minimum absolute atomic E-state index is 0.0198. The number of fused-ring (bicyclic) bond motifs is 1. The molecule has 2 saturated heterocycles. The van der Waals surface area contributed by atoms with Crippen molar-refractivity contribution < 1.29 is 19.2 Å².